The fourth-order valence-electron chi connectivity index (χ4n) is 2.79. The Morgan fingerprint density at radius 3 is 2.63 bits per heavy atom. The molecule has 4 rings (SSSR count). The first-order chi connectivity index (χ1) is 14.5. The Morgan fingerprint density at radius 2 is 1.93 bits per heavy atom. The molecule has 0 unspecified atom stereocenters. The Kier molecular flexibility index (Phi) is 6.34. The molecule has 2 aromatic carbocycles. The first kappa shape index (κ1) is 20.8. The van der Waals surface area contributed by atoms with Gasteiger partial charge in [0.25, 0.3) is 5.91 Å². The number of thiocarbonyl (C=S) groups is 1. The van der Waals surface area contributed by atoms with Crippen molar-refractivity contribution < 1.29 is 14.3 Å². The van der Waals surface area contributed by atoms with E-state index in [0.717, 1.165) is 11.1 Å². The summed E-state index contributed by atoms with van der Waals surface area (Å²) in [6.45, 7) is 0.432. The molecule has 0 atom stereocenters. The van der Waals surface area contributed by atoms with Crippen LogP contribution in [0.15, 0.2) is 70.9 Å². The standard InChI is InChI=1S/C22H14ClNO3S3/c23-16-11-15(8-9-17(16)27-21(26)18-7-4-10-29-18)12-19-20(25)24(22(28)30-19)13-14-5-2-1-3-6-14/h1-12H,13H2. The maximum Gasteiger partial charge on any atom is 0.353 e. The van der Waals surface area contributed by atoms with E-state index in [2.05, 4.69) is 0 Å². The molecule has 0 radical (unpaired) electrons. The van der Waals surface area contributed by atoms with Gasteiger partial charge in [-0.15, -0.1) is 11.3 Å². The van der Waals surface area contributed by atoms with E-state index in [9.17, 15) is 9.59 Å². The number of ether oxygens (including phenoxy) is 1. The number of benzene rings is 2. The van der Waals surface area contributed by atoms with E-state index in [4.69, 9.17) is 28.6 Å². The fourth-order valence-corrected chi connectivity index (χ4v) is 4.87. The molecule has 0 saturated carbocycles. The number of thioether (sulfide) groups is 1. The third kappa shape index (κ3) is 4.65. The molecule has 1 saturated heterocycles. The highest BCUT2D eigenvalue weighted by Crippen LogP contribution is 2.35. The summed E-state index contributed by atoms with van der Waals surface area (Å²) in [5, 5.41) is 2.09. The molecule has 0 bridgehead atoms. The lowest BCUT2D eigenvalue weighted by Crippen LogP contribution is -2.27. The average Bonchev–Trinajstić information content (AvgIpc) is 3.36. The number of carbonyl (C=O) groups is 2. The van der Waals surface area contributed by atoms with Crippen molar-refractivity contribution in [3.05, 3.63) is 92.0 Å². The van der Waals surface area contributed by atoms with E-state index in [-0.39, 0.29) is 16.7 Å². The minimum Gasteiger partial charge on any atom is -0.421 e. The van der Waals surface area contributed by atoms with Crippen LogP contribution in [-0.2, 0) is 11.3 Å². The molecule has 0 spiro atoms. The van der Waals surface area contributed by atoms with E-state index < -0.39 is 5.97 Å². The lowest BCUT2D eigenvalue weighted by molar-refractivity contribution is -0.122. The second kappa shape index (κ2) is 9.14. The monoisotopic (exact) mass is 471 g/mol. The summed E-state index contributed by atoms with van der Waals surface area (Å²) in [7, 11) is 0. The van der Waals surface area contributed by atoms with Crippen molar-refractivity contribution in [2.75, 3.05) is 0 Å². The number of amides is 1. The van der Waals surface area contributed by atoms with Gasteiger partial charge in [-0.05, 0) is 40.8 Å². The highest BCUT2D eigenvalue weighted by molar-refractivity contribution is 8.26. The normalized spacial score (nSPS) is 15.1. The van der Waals surface area contributed by atoms with Crippen LogP contribution in [-0.4, -0.2) is 21.1 Å². The number of esters is 1. The van der Waals surface area contributed by atoms with Crippen LogP contribution in [0.4, 0.5) is 0 Å². The quantitative estimate of drug-likeness (QED) is 0.197. The van der Waals surface area contributed by atoms with Gasteiger partial charge in [0.2, 0.25) is 0 Å². The van der Waals surface area contributed by atoms with Crippen LogP contribution in [0.3, 0.4) is 0 Å². The number of carbonyl (C=O) groups excluding carboxylic acids is 2. The van der Waals surface area contributed by atoms with E-state index in [1.165, 1.54) is 23.1 Å². The second-order valence-electron chi connectivity index (χ2n) is 6.31. The molecule has 0 aliphatic carbocycles. The lowest BCUT2D eigenvalue weighted by atomic mass is 10.2. The zero-order chi connectivity index (χ0) is 21.1. The highest BCUT2D eigenvalue weighted by atomic mass is 35.5. The number of thiophene rings is 1. The smallest absolute Gasteiger partial charge is 0.353 e. The largest absolute Gasteiger partial charge is 0.421 e. The fraction of sp³-hybridized carbons (Fsp3) is 0.0455. The van der Waals surface area contributed by atoms with Gasteiger partial charge in [0.15, 0.2) is 0 Å². The lowest BCUT2D eigenvalue weighted by Gasteiger charge is -2.14. The van der Waals surface area contributed by atoms with Gasteiger partial charge < -0.3 is 4.74 Å². The summed E-state index contributed by atoms with van der Waals surface area (Å²) < 4.78 is 5.87. The summed E-state index contributed by atoms with van der Waals surface area (Å²) >= 11 is 14.2. The first-order valence-corrected chi connectivity index (χ1v) is 11.3. The summed E-state index contributed by atoms with van der Waals surface area (Å²) in [5.41, 5.74) is 1.73. The van der Waals surface area contributed by atoms with Gasteiger partial charge in [0, 0.05) is 0 Å². The molecule has 30 heavy (non-hydrogen) atoms. The van der Waals surface area contributed by atoms with Gasteiger partial charge in [-0.2, -0.15) is 0 Å². The van der Waals surface area contributed by atoms with Gasteiger partial charge in [-0.25, -0.2) is 4.79 Å². The van der Waals surface area contributed by atoms with E-state index >= 15 is 0 Å². The average molecular weight is 472 g/mol. The summed E-state index contributed by atoms with van der Waals surface area (Å²) in [5.74, 6) is -0.330. The zero-order valence-corrected chi connectivity index (χ0v) is 18.6. The third-order valence-corrected chi connectivity index (χ3v) is 6.76. The van der Waals surface area contributed by atoms with Crippen LogP contribution in [0.2, 0.25) is 5.02 Å². The second-order valence-corrected chi connectivity index (χ2v) is 9.34. The van der Waals surface area contributed by atoms with Crippen LogP contribution >= 0.6 is 46.9 Å². The van der Waals surface area contributed by atoms with E-state index in [1.807, 2.05) is 30.3 Å². The van der Waals surface area contributed by atoms with Crippen molar-refractivity contribution >= 4 is 69.2 Å². The molecule has 8 heteroatoms. The zero-order valence-electron chi connectivity index (χ0n) is 15.4. The predicted octanol–water partition coefficient (Wildman–Crippen LogP) is 6.02. The first-order valence-electron chi connectivity index (χ1n) is 8.86. The summed E-state index contributed by atoms with van der Waals surface area (Å²) in [6.07, 6.45) is 1.74. The van der Waals surface area contributed by atoms with Crippen molar-refractivity contribution in [1.29, 1.82) is 0 Å². The minimum atomic E-state index is -0.457. The van der Waals surface area contributed by atoms with Gasteiger partial charge >= 0.3 is 5.97 Å². The third-order valence-electron chi connectivity index (χ3n) is 4.24. The Balaban J connectivity index is 1.49. The van der Waals surface area contributed by atoms with Crippen LogP contribution < -0.4 is 4.74 Å². The molecule has 0 N–H and O–H groups in total. The summed E-state index contributed by atoms with van der Waals surface area (Å²) in [6, 6.07) is 18.2. The van der Waals surface area contributed by atoms with Crippen LogP contribution in [0.25, 0.3) is 6.08 Å². The van der Waals surface area contributed by atoms with Gasteiger partial charge in [0.1, 0.15) is 14.9 Å². The predicted molar refractivity (Wildman–Crippen MR) is 126 cm³/mol. The minimum absolute atomic E-state index is 0.141. The van der Waals surface area contributed by atoms with Crippen molar-refractivity contribution in [2.24, 2.45) is 0 Å². The Bertz CT molecular complexity index is 1140. The Hall–Kier alpha value is -2.45. The van der Waals surface area contributed by atoms with Crippen molar-refractivity contribution in [3.8, 4) is 5.75 Å². The summed E-state index contributed by atoms with van der Waals surface area (Å²) in [4.78, 5) is 27.5. The molecule has 3 aromatic rings. The topological polar surface area (TPSA) is 46.6 Å². The number of nitrogens with zero attached hydrogens (tertiary/aromatic N) is 1. The van der Waals surface area contributed by atoms with Gasteiger partial charge in [-0.1, -0.05) is 78.0 Å². The Labute approximate surface area is 192 Å². The number of hydrogen-bond acceptors (Lipinski definition) is 6. The maximum atomic E-state index is 12.8. The van der Waals surface area contributed by atoms with Gasteiger partial charge in [-0.3, -0.25) is 9.69 Å². The SMILES string of the molecule is O=C(Oc1ccc(C=C2SC(=S)N(Cc3ccccc3)C2=O)cc1Cl)c1cccs1. The molecule has 1 amide bonds. The molecule has 1 aromatic heterocycles. The van der Waals surface area contributed by atoms with Gasteiger partial charge in [0.05, 0.1) is 16.5 Å². The molecule has 1 aliphatic rings. The molecular formula is C22H14ClNO3S3. The maximum absolute atomic E-state index is 12.8. The molecule has 2 heterocycles. The molecule has 1 fully saturated rings. The van der Waals surface area contributed by atoms with Crippen LogP contribution in [0, 0.1) is 0 Å². The number of hydrogen-bond donors (Lipinski definition) is 0. The van der Waals surface area contributed by atoms with Crippen molar-refractivity contribution in [1.82, 2.24) is 4.90 Å². The number of rotatable bonds is 5. The van der Waals surface area contributed by atoms with Crippen LogP contribution in [0.1, 0.15) is 20.8 Å². The molecule has 4 nitrogen and oxygen atoms in total. The van der Waals surface area contributed by atoms with Crippen molar-refractivity contribution in [2.45, 2.75) is 6.54 Å². The van der Waals surface area contributed by atoms with E-state index in [0.29, 0.717) is 20.6 Å². The Morgan fingerprint density at radius 1 is 1.13 bits per heavy atom. The highest BCUT2D eigenvalue weighted by Gasteiger charge is 2.32. The molecule has 1 aliphatic heterocycles. The van der Waals surface area contributed by atoms with Crippen molar-refractivity contribution in [3.63, 3.8) is 0 Å². The number of halogens is 1. The van der Waals surface area contributed by atoms with E-state index in [1.54, 1.807) is 46.7 Å². The molecular weight excluding hydrogens is 458 g/mol. The molecule has 150 valence electrons. The van der Waals surface area contributed by atoms with Crippen LogP contribution in [0.5, 0.6) is 5.75 Å².